The Morgan fingerprint density at radius 3 is 2.62 bits per heavy atom. The summed E-state index contributed by atoms with van der Waals surface area (Å²) in [5.74, 6) is -0.0594. The van der Waals surface area contributed by atoms with Crippen molar-refractivity contribution in [1.82, 2.24) is 0 Å². The van der Waals surface area contributed by atoms with Crippen molar-refractivity contribution in [3.8, 4) is 0 Å². The van der Waals surface area contributed by atoms with Gasteiger partial charge in [-0.1, -0.05) is 23.7 Å². The van der Waals surface area contributed by atoms with Crippen LogP contribution >= 0.6 is 0 Å². The van der Waals surface area contributed by atoms with Crippen LogP contribution in [0.15, 0.2) is 18.2 Å². The SMILES string of the molecule is [B]c1ccc(C(C)=O)c(C(C)O)c1. The first-order chi connectivity index (χ1) is 6.02. The predicted octanol–water partition coefficient (Wildman–Crippen LogP) is 0.736. The van der Waals surface area contributed by atoms with Crippen molar-refractivity contribution in [2.75, 3.05) is 0 Å². The third kappa shape index (κ3) is 2.19. The van der Waals surface area contributed by atoms with E-state index in [0.717, 1.165) is 0 Å². The number of aliphatic hydroxyl groups is 1. The fourth-order valence-electron chi connectivity index (χ4n) is 1.25. The molecule has 1 atom stereocenters. The van der Waals surface area contributed by atoms with Gasteiger partial charge in [-0.15, -0.1) is 0 Å². The van der Waals surface area contributed by atoms with E-state index in [2.05, 4.69) is 0 Å². The minimum atomic E-state index is -0.664. The molecular formula is C10H11BO2. The van der Waals surface area contributed by atoms with Crippen molar-refractivity contribution in [1.29, 1.82) is 0 Å². The third-order valence-corrected chi connectivity index (χ3v) is 1.91. The van der Waals surface area contributed by atoms with Crippen molar-refractivity contribution in [2.45, 2.75) is 20.0 Å². The molecule has 3 heteroatoms. The fourth-order valence-corrected chi connectivity index (χ4v) is 1.25. The van der Waals surface area contributed by atoms with Gasteiger partial charge in [0.15, 0.2) is 5.78 Å². The maximum Gasteiger partial charge on any atom is 0.160 e. The molecule has 0 bridgehead atoms. The van der Waals surface area contributed by atoms with Gasteiger partial charge in [0.25, 0.3) is 0 Å². The molecule has 0 aliphatic heterocycles. The number of hydrogen-bond acceptors (Lipinski definition) is 2. The highest BCUT2D eigenvalue weighted by Gasteiger charge is 2.10. The summed E-state index contributed by atoms with van der Waals surface area (Å²) >= 11 is 0. The quantitative estimate of drug-likeness (QED) is 0.530. The number of carbonyl (C=O) groups is 1. The van der Waals surface area contributed by atoms with Gasteiger partial charge in [-0.25, -0.2) is 0 Å². The number of ketones is 1. The van der Waals surface area contributed by atoms with E-state index >= 15 is 0 Å². The Labute approximate surface area is 79.0 Å². The van der Waals surface area contributed by atoms with E-state index in [4.69, 9.17) is 7.85 Å². The Morgan fingerprint density at radius 2 is 2.15 bits per heavy atom. The Hall–Kier alpha value is -1.09. The van der Waals surface area contributed by atoms with E-state index in [1.54, 1.807) is 25.1 Å². The van der Waals surface area contributed by atoms with Crippen LogP contribution in [0.25, 0.3) is 0 Å². The average Bonchev–Trinajstić information content (AvgIpc) is 2.03. The van der Waals surface area contributed by atoms with E-state index in [1.807, 2.05) is 0 Å². The first-order valence-corrected chi connectivity index (χ1v) is 4.11. The van der Waals surface area contributed by atoms with Gasteiger partial charge in [-0.3, -0.25) is 4.79 Å². The Bertz CT molecular complexity index is 332. The first kappa shape index (κ1) is 10.00. The van der Waals surface area contributed by atoms with Crippen LogP contribution in [0, 0.1) is 0 Å². The molecule has 1 rings (SSSR count). The van der Waals surface area contributed by atoms with E-state index in [-0.39, 0.29) is 5.78 Å². The van der Waals surface area contributed by atoms with Gasteiger partial charge in [0.1, 0.15) is 7.85 Å². The van der Waals surface area contributed by atoms with Crippen LogP contribution < -0.4 is 5.46 Å². The monoisotopic (exact) mass is 174 g/mol. The second kappa shape index (κ2) is 3.75. The fraction of sp³-hybridized carbons (Fsp3) is 0.300. The van der Waals surface area contributed by atoms with Crippen LogP contribution in [0.5, 0.6) is 0 Å². The van der Waals surface area contributed by atoms with Crippen molar-refractivity contribution in [3.63, 3.8) is 0 Å². The summed E-state index contributed by atoms with van der Waals surface area (Å²) < 4.78 is 0. The van der Waals surface area contributed by atoms with Gasteiger partial charge >= 0.3 is 0 Å². The highest BCUT2D eigenvalue weighted by Crippen LogP contribution is 2.16. The molecule has 1 aromatic rings. The maximum absolute atomic E-state index is 11.1. The average molecular weight is 174 g/mol. The summed E-state index contributed by atoms with van der Waals surface area (Å²) in [7, 11) is 5.54. The van der Waals surface area contributed by atoms with Gasteiger partial charge in [0.2, 0.25) is 0 Å². The summed E-state index contributed by atoms with van der Waals surface area (Å²) in [6.45, 7) is 3.08. The van der Waals surface area contributed by atoms with E-state index < -0.39 is 6.10 Å². The third-order valence-electron chi connectivity index (χ3n) is 1.91. The molecule has 0 aromatic heterocycles. The first-order valence-electron chi connectivity index (χ1n) is 4.11. The lowest BCUT2D eigenvalue weighted by atomic mass is 9.89. The van der Waals surface area contributed by atoms with Crippen molar-refractivity contribution in [2.24, 2.45) is 0 Å². The molecule has 0 aliphatic carbocycles. The molecular weight excluding hydrogens is 163 g/mol. The standard InChI is InChI=1S/C10H11BO2/c1-6(12)9-4-3-8(11)5-10(9)7(2)13/h3-5,7,13H,1-2H3. The van der Waals surface area contributed by atoms with Crippen LogP contribution in [0.4, 0.5) is 0 Å². The summed E-state index contributed by atoms with van der Waals surface area (Å²) in [5, 5.41) is 9.37. The Kier molecular flexibility index (Phi) is 2.88. The number of Topliss-reactive ketones (excluding diaryl/α,β-unsaturated/α-hetero) is 1. The molecule has 0 heterocycles. The maximum atomic E-state index is 11.1. The number of aliphatic hydroxyl groups excluding tert-OH is 1. The minimum absolute atomic E-state index is 0.0594. The van der Waals surface area contributed by atoms with Gasteiger partial charge < -0.3 is 5.11 Å². The number of rotatable bonds is 2. The second-order valence-corrected chi connectivity index (χ2v) is 3.08. The molecule has 0 spiro atoms. The van der Waals surface area contributed by atoms with Gasteiger partial charge in [0.05, 0.1) is 6.10 Å². The van der Waals surface area contributed by atoms with E-state index in [9.17, 15) is 9.90 Å². The zero-order chi connectivity index (χ0) is 10.0. The molecule has 2 radical (unpaired) electrons. The molecule has 66 valence electrons. The zero-order valence-corrected chi connectivity index (χ0v) is 7.74. The largest absolute Gasteiger partial charge is 0.389 e. The summed E-state index contributed by atoms with van der Waals surface area (Å²) in [6, 6.07) is 4.92. The molecule has 0 amide bonds. The van der Waals surface area contributed by atoms with Gasteiger partial charge in [0, 0.05) is 5.56 Å². The lowest BCUT2D eigenvalue weighted by Gasteiger charge is -2.10. The number of benzene rings is 1. The van der Waals surface area contributed by atoms with Crippen LogP contribution in [0.1, 0.15) is 35.9 Å². The molecule has 1 N–H and O–H groups in total. The Balaban J connectivity index is 3.26. The van der Waals surface area contributed by atoms with Crippen molar-refractivity contribution >= 4 is 19.1 Å². The van der Waals surface area contributed by atoms with Crippen molar-refractivity contribution in [3.05, 3.63) is 29.3 Å². The molecule has 1 aromatic carbocycles. The molecule has 2 nitrogen and oxygen atoms in total. The van der Waals surface area contributed by atoms with Crippen LogP contribution in [-0.2, 0) is 0 Å². The number of carbonyl (C=O) groups excluding carboxylic acids is 1. The molecule has 0 fully saturated rings. The lowest BCUT2D eigenvalue weighted by molar-refractivity contribution is 0.101. The molecule has 0 aliphatic rings. The Morgan fingerprint density at radius 1 is 1.54 bits per heavy atom. The van der Waals surface area contributed by atoms with E-state index in [1.165, 1.54) is 6.92 Å². The molecule has 13 heavy (non-hydrogen) atoms. The summed E-state index contributed by atoms with van der Waals surface area (Å²) in [5.41, 5.74) is 1.68. The minimum Gasteiger partial charge on any atom is -0.389 e. The summed E-state index contributed by atoms with van der Waals surface area (Å²) in [6.07, 6.45) is -0.664. The predicted molar refractivity (Wildman–Crippen MR) is 52.5 cm³/mol. The van der Waals surface area contributed by atoms with Gasteiger partial charge in [-0.05, 0) is 19.4 Å². The lowest BCUT2D eigenvalue weighted by Crippen LogP contribution is -2.10. The normalized spacial score (nSPS) is 12.5. The zero-order valence-electron chi connectivity index (χ0n) is 7.74. The molecule has 1 unspecified atom stereocenters. The topological polar surface area (TPSA) is 37.3 Å². The van der Waals surface area contributed by atoms with Gasteiger partial charge in [-0.2, -0.15) is 0 Å². The van der Waals surface area contributed by atoms with Crippen molar-refractivity contribution < 1.29 is 9.90 Å². The second-order valence-electron chi connectivity index (χ2n) is 3.08. The number of hydrogen-bond donors (Lipinski definition) is 1. The highest BCUT2D eigenvalue weighted by atomic mass is 16.3. The van der Waals surface area contributed by atoms with Crippen LogP contribution in [-0.4, -0.2) is 18.7 Å². The summed E-state index contributed by atoms with van der Waals surface area (Å²) in [4.78, 5) is 11.1. The van der Waals surface area contributed by atoms with Crippen LogP contribution in [0.2, 0.25) is 0 Å². The van der Waals surface area contributed by atoms with E-state index in [0.29, 0.717) is 16.6 Å². The smallest absolute Gasteiger partial charge is 0.160 e. The van der Waals surface area contributed by atoms with Crippen LogP contribution in [0.3, 0.4) is 0 Å². The highest BCUT2D eigenvalue weighted by molar-refractivity contribution is 6.32. The molecule has 0 saturated carbocycles. The molecule has 0 saturated heterocycles.